The number of hydrogen-bond donors (Lipinski definition) is 1. The molecule has 1 rings (SSSR count). The van der Waals surface area contributed by atoms with E-state index in [0.29, 0.717) is 0 Å². The second kappa shape index (κ2) is 6.92. The molecule has 0 aromatic heterocycles. The summed E-state index contributed by atoms with van der Waals surface area (Å²) in [5.74, 6) is -1.31. The Bertz CT molecular complexity index is 535. The van der Waals surface area contributed by atoms with Crippen molar-refractivity contribution in [1.82, 2.24) is 0 Å². The van der Waals surface area contributed by atoms with Crippen LogP contribution in [0.4, 0.5) is 18.9 Å². The van der Waals surface area contributed by atoms with Gasteiger partial charge in [0.1, 0.15) is 0 Å². The second-order valence-corrected chi connectivity index (χ2v) is 4.14. The predicted octanol–water partition coefficient (Wildman–Crippen LogP) is 3.15. The molecular weight excluding hydrogens is 287 g/mol. The number of amides is 1. The summed E-state index contributed by atoms with van der Waals surface area (Å²) in [6.45, 7) is 2.98. The van der Waals surface area contributed by atoms with Crippen molar-refractivity contribution in [1.29, 1.82) is 0 Å². The van der Waals surface area contributed by atoms with Crippen molar-refractivity contribution in [2.24, 2.45) is 0 Å². The normalized spacial score (nSPS) is 13.0. The van der Waals surface area contributed by atoms with E-state index in [9.17, 15) is 22.8 Å². The highest BCUT2D eigenvalue weighted by Crippen LogP contribution is 2.29. The van der Waals surface area contributed by atoms with E-state index in [1.165, 1.54) is 13.0 Å². The van der Waals surface area contributed by atoms with Crippen molar-refractivity contribution < 1.29 is 27.5 Å². The molecule has 0 aliphatic carbocycles. The highest BCUT2D eigenvalue weighted by Gasteiger charge is 2.30. The molecule has 7 heteroatoms. The third kappa shape index (κ3) is 5.29. The van der Waals surface area contributed by atoms with Gasteiger partial charge in [-0.2, -0.15) is 13.2 Å². The quantitative estimate of drug-likeness (QED) is 0.686. The number of nitrogens with one attached hydrogen (secondary N) is 1. The molecule has 0 aliphatic rings. The maximum absolute atomic E-state index is 12.4. The van der Waals surface area contributed by atoms with Crippen LogP contribution in [-0.2, 0) is 20.5 Å². The molecule has 114 valence electrons. The van der Waals surface area contributed by atoms with Crippen LogP contribution >= 0.6 is 0 Å². The number of halogens is 3. The minimum absolute atomic E-state index is 0.182. The van der Waals surface area contributed by atoms with Crippen LogP contribution in [0.3, 0.4) is 0 Å². The van der Waals surface area contributed by atoms with Crippen molar-refractivity contribution >= 4 is 17.6 Å². The van der Waals surface area contributed by atoms with Crippen molar-refractivity contribution in [3.63, 3.8) is 0 Å². The molecule has 1 N–H and O–H groups in total. The maximum atomic E-state index is 12.4. The van der Waals surface area contributed by atoms with Crippen molar-refractivity contribution in [3.8, 4) is 0 Å². The molecule has 1 aromatic rings. The van der Waals surface area contributed by atoms with Crippen LogP contribution in [-0.4, -0.2) is 18.0 Å². The van der Waals surface area contributed by atoms with Gasteiger partial charge in [0, 0.05) is 11.8 Å². The summed E-state index contributed by atoms with van der Waals surface area (Å²) < 4.78 is 41.9. The van der Waals surface area contributed by atoms with Crippen LogP contribution in [0.5, 0.6) is 0 Å². The fourth-order valence-electron chi connectivity index (χ4n) is 1.39. The summed E-state index contributed by atoms with van der Waals surface area (Å²) in [5.41, 5.74) is -0.630. The molecule has 4 nitrogen and oxygen atoms in total. The van der Waals surface area contributed by atoms with E-state index in [0.717, 1.165) is 30.3 Å². The molecule has 0 spiro atoms. The van der Waals surface area contributed by atoms with Gasteiger partial charge in [-0.15, -0.1) is 0 Å². The number of anilines is 1. The van der Waals surface area contributed by atoms with Crippen molar-refractivity contribution in [3.05, 3.63) is 42.0 Å². The Balaban J connectivity index is 2.64. The topological polar surface area (TPSA) is 55.4 Å². The maximum Gasteiger partial charge on any atom is 0.416 e. The van der Waals surface area contributed by atoms with E-state index in [1.807, 2.05) is 0 Å². The summed E-state index contributed by atoms with van der Waals surface area (Å²) in [7, 11) is 0. The number of benzene rings is 1. The molecule has 1 unspecified atom stereocenters. The summed E-state index contributed by atoms with van der Waals surface area (Å²) in [4.78, 5) is 22.9. The van der Waals surface area contributed by atoms with Crippen molar-refractivity contribution in [2.45, 2.75) is 26.1 Å². The lowest BCUT2D eigenvalue weighted by atomic mass is 10.2. The van der Waals surface area contributed by atoms with E-state index in [2.05, 4.69) is 5.32 Å². The fraction of sp³-hybridized carbons (Fsp3) is 0.286. The Labute approximate surface area is 119 Å². The van der Waals surface area contributed by atoms with Gasteiger partial charge in [0.2, 0.25) is 0 Å². The zero-order chi connectivity index (χ0) is 16.0. The number of rotatable bonds is 4. The minimum atomic E-state index is -4.43. The summed E-state index contributed by atoms with van der Waals surface area (Å²) in [5, 5.41) is 2.36. The van der Waals surface area contributed by atoms with E-state index in [4.69, 9.17) is 4.74 Å². The Morgan fingerprint density at radius 1 is 1.24 bits per heavy atom. The van der Waals surface area contributed by atoms with Gasteiger partial charge in [-0.3, -0.25) is 4.79 Å². The lowest BCUT2D eigenvalue weighted by molar-refractivity contribution is -0.148. The van der Waals surface area contributed by atoms with E-state index < -0.39 is 29.7 Å². The van der Waals surface area contributed by atoms with E-state index >= 15 is 0 Å². The number of hydrogen-bond acceptors (Lipinski definition) is 3. The molecule has 1 atom stereocenters. The third-order valence-electron chi connectivity index (χ3n) is 2.44. The van der Waals surface area contributed by atoms with Crippen LogP contribution in [0.25, 0.3) is 0 Å². The van der Waals surface area contributed by atoms with Crippen LogP contribution in [0.1, 0.15) is 19.4 Å². The van der Waals surface area contributed by atoms with Gasteiger partial charge in [0.05, 0.1) is 5.56 Å². The number of ether oxygens (including phenoxy) is 1. The molecule has 21 heavy (non-hydrogen) atoms. The molecule has 0 heterocycles. The van der Waals surface area contributed by atoms with Gasteiger partial charge in [-0.1, -0.05) is 6.08 Å². The fourth-order valence-corrected chi connectivity index (χ4v) is 1.39. The zero-order valence-electron chi connectivity index (χ0n) is 11.4. The molecular formula is C14H14F3NO3. The number of esters is 1. The standard InChI is InChI=1S/C14H14F3NO3/c1-3-4-12(19)21-9(2)13(20)18-11-7-5-10(6-8-11)14(15,16)17/h3-9H,1-2H3,(H,18,20). The Morgan fingerprint density at radius 2 is 1.81 bits per heavy atom. The van der Waals surface area contributed by atoms with Crippen LogP contribution in [0.2, 0.25) is 0 Å². The lowest BCUT2D eigenvalue weighted by Gasteiger charge is -2.13. The zero-order valence-corrected chi connectivity index (χ0v) is 11.4. The first kappa shape index (κ1) is 16.7. The number of alkyl halides is 3. The molecule has 0 saturated carbocycles. The number of allylic oxidation sites excluding steroid dienone is 1. The summed E-state index contributed by atoms with van der Waals surface area (Å²) in [6.07, 6.45) is -2.88. The molecule has 0 radical (unpaired) electrons. The second-order valence-electron chi connectivity index (χ2n) is 4.14. The molecule has 0 fully saturated rings. The first-order chi connectivity index (χ1) is 9.74. The highest BCUT2D eigenvalue weighted by atomic mass is 19.4. The summed E-state index contributed by atoms with van der Waals surface area (Å²) >= 11 is 0. The van der Waals surface area contributed by atoms with Gasteiger partial charge >= 0.3 is 12.1 Å². The van der Waals surface area contributed by atoms with Gasteiger partial charge in [0.25, 0.3) is 5.91 Å². The highest BCUT2D eigenvalue weighted by molar-refractivity contribution is 5.95. The first-order valence-electron chi connectivity index (χ1n) is 6.05. The summed E-state index contributed by atoms with van der Waals surface area (Å²) in [6, 6.07) is 3.96. The van der Waals surface area contributed by atoms with Gasteiger partial charge in [-0.05, 0) is 38.1 Å². The molecule has 0 saturated heterocycles. The third-order valence-corrected chi connectivity index (χ3v) is 2.44. The number of carbonyl (C=O) groups excluding carboxylic acids is 2. The van der Waals surface area contributed by atoms with Crippen molar-refractivity contribution in [2.75, 3.05) is 5.32 Å². The Kier molecular flexibility index (Phi) is 5.52. The van der Waals surface area contributed by atoms with Crippen LogP contribution in [0, 0.1) is 0 Å². The lowest BCUT2D eigenvalue weighted by Crippen LogP contribution is -2.29. The van der Waals surface area contributed by atoms with Gasteiger partial charge in [0.15, 0.2) is 6.10 Å². The smallest absolute Gasteiger partial charge is 0.416 e. The predicted molar refractivity (Wildman–Crippen MR) is 70.4 cm³/mol. The number of carbonyl (C=O) groups is 2. The monoisotopic (exact) mass is 301 g/mol. The van der Waals surface area contributed by atoms with E-state index in [1.54, 1.807) is 6.92 Å². The van der Waals surface area contributed by atoms with Gasteiger partial charge < -0.3 is 10.1 Å². The Hall–Kier alpha value is -2.31. The largest absolute Gasteiger partial charge is 0.449 e. The molecule has 1 amide bonds. The molecule has 1 aromatic carbocycles. The average Bonchev–Trinajstić information content (AvgIpc) is 2.38. The van der Waals surface area contributed by atoms with Crippen LogP contribution in [0.15, 0.2) is 36.4 Å². The molecule has 0 bridgehead atoms. The Morgan fingerprint density at radius 3 is 2.29 bits per heavy atom. The van der Waals surface area contributed by atoms with E-state index in [-0.39, 0.29) is 5.69 Å². The van der Waals surface area contributed by atoms with Crippen LogP contribution < -0.4 is 5.32 Å². The van der Waals surface area contributed by atoms with Gasteiger partial charge in [-0.25, -0.2) is 4.79 Å². The minimum Gasteiger partial charge on any atom is -0.449 e. The first-order valence-corrected chi connectivity index (χ1v) is 6.05. The molecule has 0 aliphatic heterocycles. The SMILES string of the molecule is CC=CC(=O)OC(C)C(=O)Nc1ccc(C(F)(F)F)cc1. The average molecular weight is 301 g/mol.